The zero-order chi connectivity index (χ0) is 23.8. The molecule has 3 aromatic carbocycles. The number of amides is 1. The van der Waals surface area contributed by atoms with Crippen molar-refractivity contribution in [3.8, 4) is 0 Å². The normalized spacial score (nSPS) is 16.7. The van der Waals surface area contributed by atoms with Crippen molar-refractivity contribution < 1.29 is 9.53 Å². The monoisotopic (exact) mass is 457 g/mol. The molecule has 3 aromatic rings. The highest BCUT2D eigenvalue weighted by atomic mass is 16.6. The van der Waals surface area contributed by atoms with E-state index in [-0.39, 0.29) is 12.1 Å². The van der Waals surface area contributed by atoms with Crippen molar-refractivity contribution in [1.29, 1.82) is 0 Å². The van der Waals surface area contributed by atoms with E-state index >= 15 is 0 Å². The second-order valence-electron chi connectivity index (χ2n) is 8.65. The minimum absolute atomic E-state index is 0.0452. The second kappa shape index (κ2) is 11.3. The van der Waals surface area contributed by atoms with Crippen molar-refractivity contribution in [1.82, 2.24) is 15.1 Å². The fourth-order valence-corrected chi connectivity index (χ4v) is 5.07. The van der Waals surface area contributed by atoms with Crippen molar-refractivity contribution in [2.45, 2.75) is 25.4 Å². The molecule has 178 valence electrons. The third-order valence-electron chi connectivity index (χ3n) is 6.73. The van der Waals surface area contributed by atoms with Crippen LogP contribution in [0.2, 0.25) is 0 Å². The summed E-state index contributed by atoms with van der Waals surface area (Å²) in [4.78, 5) is 16.7. The summed E-state index contributed by atoms with van der Waals surface area (Å²) in [5.74, 6) is 0. The molecule has 1 saturated heterocycles. The van der Waals surface area contributed by atoms with Crippen molar-refractivity contribution in [2.75, 3.05) is 39.3 Å². The average molecular weight is 458 g/mol. The summed E-state index contributed by atoms with van der Waals surface area (Å²) in [6, 6.07) is 32.2. The molecule has 5 nitrogen and oxygen atoms in total. The van der Waals surface area contributed by atoms with E-state index in [2.05, 4.69) is 101 Å². The van der Waals surface area contributed by atoms with Gasteiger partial charge in [0.25, 0.3) is 0 Å². The average Bonchev–Trinajstić information content (AvgIpc) is 2.91. The first-order valence-corrected chi connectivity index (χ1v) is 12.3. The van der Waals surface area contributed by atoms with Gasteiger partial charge in [0.2, 0.25) is 0 Å². The van der Waals surface area contributed by atoms with E-state index < -0.39 is 5.54 Å². The smallest absolute Gasteiger partial charge is 0.409 e. The molecule has 1 atom stereocenters. The van der Waals surface area contributed by atoms with Crippen LogP contribution in [-0.2, 0) is 10.3 Å². The number of rotatable bonds is 8. The van der Waals surface area contributed by atoms with Gasteiger partial charge in [-0.1, -0.05) is 91.0 Å². The molecule has 0 bridgehead atoms. The van der Waals surface area contributed by atoms with Gasteiger partial charge in [-0.05, 0) is 30.5 Å². The second-order valence-corrected chi connectivity index (χ2v) is 8.65. The van der Waals surface area contributed by atoms with Gasteiger partial charge in [0, 0.05) is 32.7 Å². The molecule has 0 aromatic heterocycles. The molecule has 4 rings (SSSR count). The number of carbonyl (C=O) groups is 1. The highest BCUT2D eigenvalue weighted by Gasteiger charge is 2.43. The molecule has 1 aliphatic heterocycles. The maximum atomic E-state index is 12.5. The molecule has 1 amide bonds. The standard InChI is InChI=1S/C29H35N3O2/c1-3-31(4-2)28(33)34-23-27-22-32(21-20-30-27)29(24-14-8-5-9-15-24,25-16-10-6-11-17-25)26-18-12-7-13-19-26/h5-19,27,30H,3-4,20-23H2,1-2H3. The SMILES string of the molecule is CCN(CC)C(=O)OCC1CN(C(c2ccccc2)(c2ccccc2)c2ccccc2)CCN1. The van der Waals surface area contributed by atoms with Crippen LogP contribution in [0.5, 0.6) is 0 Å². The molecule has 1 fully saturated rings. The predicted molar refractivity (Wildman–Crippen MR) is 137 cm³/mol. The fourth-order valence-electron chi connectivity index (χ4n) is 5.07. The van der Waals surface area contributed by atoms with Gasteiger partial charge in [-0.25, -0.2) is 4.79 Å². The van der Waals surface area contributed by atoms with Gasteiger partial charge in [-0.2, -0.15) is 0 Å². The van der Waals surface area contributed by atoms with Gasteiger partial charge in [0.05, 0.1) is 11.6 Å². The topological polar surface area (TPSA) is 44.8 Å². The Balaban J connectivity index is 1.72. The molecule has 0 saturated carbocycles. The van der Waals surface area contributed by atoms with E-state index in [1.807, 2.05) is 13.8 Å². The third-order valence-corrected chi connectivity index (χ3v) is 6.73. The van der Waals surface area contributed by atoms with Crippen molar-refractivity contribution in [3.05, 3.63) is 108 Å². The zero-order valence-corrected chi connectivity index (χ0v) is 20.2. The molecule has 1 unspecified atom stereocenters. The molecule has 0 radical (unpaired) electrons. The fraction of sp³-hybridized carbons (Fsp3) is 0.345. The molecule has 1 heterocycles. The van der Waals surface area contributed by atoms with Crippen molar-refractivity contribution >= 4 is 6.09 Å². The minimum Gasteiger partial charge on any atom is -0.448 e. The number of piperazine rings is 1. The summed E-state index contributed by atoms with van der Waals surface area (Å²) in [6.45, 7) is 8.04. The van der Waals surface area contributed by atoms with E-state index in [0.717, 1.165) is 19.6 Å². The maximum Gasteiger partial charge on any atom is 0.409 e. The van der Waals surface area contributed by atoms with E-state index in [0.29, 0.717) is 19.7 Å². The molecular formula is C29H35N3O2. The Morgan fingerprint density at radius 1 is 0.882 bits per heavy atom. The quantitative estimate of drug-likeness (QED) is 0.497. The zero-order valence-electron chi connectivity index (χ0n) is 20.2. The number of ether oxygens (including phenoxy) is 1. The first-order chi connectivity index (χ1) is 16.7. The summed E-state index contributed by atoms with van der Waals surface area (Å²) in [5.41, 5.74) is 3.24. The lowest BCUT2D eigenvalue weighted by Gasteiger charge is -2.49. The largest absolute Gasteiger partial charge is 0.448 e. The van der Waals surface area contributed by atoms with Crippen LogP contribution in [0.4, 0.5) is 4.79 Å². The van der Waals surface area contributed by atoms with Crippen LogP contribution in [0.25, 0.3) is 0 Å². The summed E-state index contributed by atoms with van der Waals surface area (Å²) in [6.07, 6.45) is -0.246. The number of nitrogens with one attached hydrogen (secondary N) is 1. The molecule has 1 N–H and O–H groups in total. The highest BCUT2D eigenvalue weighted by Crippen LogP contribution is 2.42. The first-order valence-electron chi connectivity index (χ1n) is 12.3. The Hall–Kier alpha value is -3.15. The van der Waals surface area contributed by atoms with Crippen LogP contribution in [-0.4, -0.2) is 61.3 Å². The third kappa shape index (κ3) is 4.86. The van der Waals surface area contributed by atoms with Gasteiger partial charge in [-0.3, -0.25) is 4.90 Å². The Labute approximate surface area is 203 Å². The van der Waals surface area contributed by atoms with Crippen molar-refractivity contribution in [3.63, 3.8) is 0 Å². The summed E-state index contributed by atoms with van der Waals surface area (Å²) >= 11 is 0. The number of hydrogen-bond acceptors (Lipinski definition) is 4. The van der Waals surface area contributed by atoms with Crippen LogP contribution < -0.4 is 5.32 Å². The predicted octanol–water partition coefficient (Wildman–Crippen LogP) is 4.73. The van der Waals surface area contributed by atoms with Gasteiger partial charge in [-0.15, -0.1) is 0 Å². The lowest BCUT2D eigenvalue weighted by molar-refractivity contribution is 0.0611. The van der Waals surface area contributed by atoms with E-state index in [1.54, 1.807) is 4.90 Å². The number of carbonyl (C=O) groups excluding carboxylic acids is 1. The molecule has 5 heteroatoms. The molecule has 1 aliphatic rings. The minimum atomic E-state index is -0.451. The number of hydrogen-bond donors (Lipinski definition) is 1. The summed E-state index contributed by atoms with van der Waals surface area (Å²) in [7, 11) is 0. The maximum absolute atomic E-state index is 12.5. The van der Waals surface area contributed by atoms with Gasteiger partial charge < -0.3 is 15.0 Å². The van der Waals surface area contributed by atoms with Gasteiger partial charge in [0.15, 0.2) is 0 Å². The number of benzene rings is 3. The lowest BCUT2D eigenvalue weighted by atomic mass is 9.75. The Morgan fingerprint density at radius 3 is 1.79 bits per heavy atom. The summed E-state index contributed by atoms with van der Waals surface area (Å²) < 4.78 is 5.70. The molecule has 0 spiro atoms. The van der Waals surface area contributed by atoms with E-state index in [1.165, 1.54) is 16.7 Å². The summed E-state index contributed by atoms with van der Waals surface area (Å²) in [5, 5.41) is 3.57. The van der Waals surface area contributed by atoms with Gasteiger partial charge >= 0.3 is 6.09 Å². The Kier molecular flexibility index (Phi) is 7.99. The highest BCUT2D eigenvalue weighted by molar-refractivity contribution is 5.67. The lowest BCUT2D eigenvalue weighted by Crippen LogP contribution is -2.60. The van der Waals surface area contributed by atoms with Crippen LogP contribution in [0.1, 0.15) is 30.5 Å². The number of nitrogens with zero attached hydrogens (tertiary/aromatic N) is 2. The molecule has 0 aliphatic carbocycles. The van der Waals surface area contributed by atoms with Crippen LogP contribution in [0.3, 0.4) is 0 Å². The first kappa shape index (κ1) is 24.0. The van der Waals surface area contributed by atoms with Gasteiger partial charge in [0.1, 0.15) is 6.61 Å². The molecule has 34 heavy (non-hydrogen) atoms. The van der Waals surface area contributed by atoms with Crippen molar-refractivity contribution in [2.24, 2.45) is 0 Å². The van der Waals surface area contributed by atoms with Crippen LogP contribution >= 0.6 is 0 Å². The van der Waals surface area contributed by atoms with E-state index in [4.69, 9.17) is 4.74 Å². The Bertz CT molecular complexity index is 926. The van der Waals surface area contributed by atoms with Crippen LogP contribution in [0.15, 0.2) is 91.0 Å². The Morgan fingerprint density at radius 2 is 1.35 bits per heavy atom. The molecular weight excluding hydrogens is 422 g/mol. The van der Waals surface area contributed by atoms with E-state index in [9.17, 15) is 4.79 Å². The van der Waals surface area contributed by atoms with Crippen LogP contribution in [0, 0.1) is 0 Å².